The molecule has 20 heavy (non-hydrogen) atoms. The minimum absolute atomic E-state index is 0.579. The lowest BCUT2D eigenvalue weighted by atomic mass is 10.0. The Bertz CT molecular complexity index is 381. The highest BCUT2D eigenvalue weighted by Crippen LogP contribution is 2.14. The standard InChI is InChI=1S/C18H30N2/c1-3-16-9-6-7-10-17(16)14-20-15(2)13-18-11-5-4-8-12-19-18/h6-7,9-10,15,18-20H,3-5,8,11-14H2,1-2H3. The van der Waals surface area contributed by atoms with Gasteiger partial charge in [0.05, 0.1) is 0 Å². The number of rotatable bonds is 6. The molecule has 2 N–H and O–H groups in total. The van der Waals surface area contributed by atoms with Crippen LogP contribution < -0.4 is 10.6 Å². The van der Waals surface area contributed by atoms with Crippen LogP contribution in [0.25, 0.3) is 0 Å². The minimum Gasteiger partial charge on any atom is -0.314 e. The summed E-state index contributed by atoms with van der Waals surface area (Å²) >= 11 is 0. The fourth-order valence-electron chi connectivity index (χ4n) is 3.17. The van der Waals surface area contributed by atoms with Gasteiger partial charge in [0.2, 0.25) is 0 Å². The summed E-state index contributed by atoms with van der Waals surface area (Å²) in [6.45, 7) is 6.76. The van der Waals surface area contributed by atoms with E-state index < -0.39 is 0 Å². The van der Waals surface area contributed by atoms with Crippen LogP contribution in [-0.2, 0) is 13.0 Å². The Kier molecular flexibility index (Phi) is 6.55. The molecule has 1 fully saturated rings. The molecule has 1 aliphatic rings. The van der Waals surface area contributed by atoms with Crippen LogP contribution in [0.1, 0.15) is 57.1 Å². The first kappa shape index (κ1) is 15.5. The van der Waals surface area contributed by atoms with Gasteiger partial charge in [-0.3, -0.25) is 0 Å². The first-order valence-corrected chi connectivity index (χ1v) is 8.33. The average molecular weight is 274 g/mol. The minimum atomic E-state index is 0.579. The Morgan fingerprint density at radius 2 is 2.00 bits per heavy atom. The van der Waals surface area contributed by atoms with Gasteiger partial charge in [-0.25, -0.2) is 0 Å². The Hall–Kier alpha value is -0.860. The number of hydrogen-bond acceptors (Lipinski definition) is 2. The lowest BCUT2D eigenvalue weighted by Crippen LogP contribution is -2.36. The third kappa shape index (κ3) is 4.92. The van der Waals surface area contributed by atoms with E-state index in [1.807, 2.05) is 0 Å². The average Bonchev–Trinajstić information content (AvgIpc) is 2.74. The normalized spacial score (nSPS) is 21.4. The van der Waals surface area contributed by atoms with Gasteiger partial charge < -0.3 is 10.6 Å². The van der Waals surface area contributed by atoms with Gasteiger partial charge in [-0.2, -0.15) is 0 Å². The van der Waals surface area contributed by atoms with Crippen molar-refractivity contribution >= 4 is 0 Å². The van der Waals surface area contributed by atoms with Crippen molar-refractivity contribution in [2.45, 2.75) is 71.0 Å². The maximum absolute atomic E-state index is 3.70. The van der Waals surface area contributed by atoms with Crippen LogP contribution in [0.3, 0.4) is 0 Å². The summed E-state index contributed by atoms with van der Waals surface area (Å²) in [7, 11) is 0. The highest BCUT2D eigenvalue weighted by Gasteiger charge is 2.14. The van der Waals surface area contributed by atoms with Crippen molar-refractivity contribution in [2.75, 3.05) is 6.54 Å². The van der Waals surface area contributed by atoms with E-state index in [0.717, 1.165) is 13.0 Å². The summed E-state index contributed by atoms with van der Waals surface area (Å²) in [5.41, 5.74) is 2.93. The third-order valence-corrected chi connectivity index (χ3v) is 4.44. The number of aryl methyl sites for hydroxylation is 1. The largest absolute Gasteiger partial charge is 0.314 e. The maximum atomic E-state index is 3.70. The van der Waals surface area contributed by atoms with Gasteiger partial charge in [0.15, 0.2) is 0 Å². The number of hydrogen-bond donors (Lipinski definition) is 2. The van der Waals surface area contributed by atoms with Gasteiger partial charge in [0, 0.05) is 18.6 Å². The molecule has 0 saturated carbocycles. The second kappa shape index (κ2) is 8.43. The van der Waals surface area contributed by atoms with Gasteiger partial charge in [0.25, 0.3) is 0 Å². The molecule has 1 aliphatic heterocycles. The number of benzene rings is 1. The molecule has 112 valence electrons. The lowest BCUT2D eigenvalue weighted by Gasteiger charge is -2.22. The van der Waals surface area contributed by atoms with Gasteiger partial charge in [0.1, 0.15) is 0 Å². The van der Waals surface area contributed by atoms with E-state index in [9.17, 15) is 0 Å². The maximum Gasteiger partial charge on any atom is 0.0210 e. The molecule has 0 bridgehead atoms. The van der Waals surface area contributed by atoms with Gasteiger partial charge in [-0.1, -0.05) is 44.0 Å². The molecule has 0 aromatic heterocycles. The molecule has 0 aliphatic carbocycles. The van der Waals surface area contributed by atoms with Crippen molar-refractivity contribution in [1.82, 2.24) is 10.6 Å². The van der Waals surface area contributed by atoms with Crippen molar-refractivity contribution in [3.63, 3.8) is 0 Å². The zero-order chi connectivity index (χ0) is 14.2. The van der Waals surface area contributed by atoms with Crippen molar-refractivity contribution in [3.8, 4) is 0 Å². The van der Waals surface area contributed by atoms with Gasteiger partial charge in [-0.15, -0.1) is 0 Å². The van der Waals surface area contributed by atoms with E-state index in [2.05, 4.69) is 48.7 Å². The summed E-state index contributed by atoms with van der Waals surface area (Å²) < 4.78 is 0. The summed E-state index contributed by atoms with van der Waals surface area (Å²) in [6, 6.07) is 10.1. The molecule has 0 amide bonds. The molecule has 1 aromatic rings. The van der Waals surface area contributed by atoms with Crippen LogP contribution in [0.15, 0.2) is 24.3 Å². The van der Waals surface area contributed by atoms with Crippen LogP contribution in [-0.4, -0.2) is 18.6 Å². The molecule has 2 nitrogen and oxygen atoms in total. The van der Waals surface area contributed by atoms with Crippen LogP contribution in [0, 0.1) is 0 Å². The predicted molar refractivity (Wildman–Crippen MR) is 87.0 cm³/mol. The van der Waals surface area contributed by atoms with E-state index in [4.69, 9.17) is 0 Å². The summed E-state index contributed by atoms with van der Waals surface area (Å²) in [5, 5.41) is 7.39. The third-order valence-electron chi connectivity index (χ3n) is 4.44. The van der Waals surface area contributed by atoms with Crippen LogP contribution >= 0.6 is 0 Å². The molecular weight excluding hydrogens is 244 g/mol. The Balaban J connectivity index is 1.77. The smallest absolute Gasteiger partial charge is 0.0210 e. The van der Waals surface area contributed by atoms with Crippen LogP contribution in [0.5, 0.6) is 0 Å². The molecule has 1 aromatic carbocycles. The van der Waals surface area contributed by atoms with Crippen molar-refractivity contribution in [1.29, 1.82) is 0 Å². The predicted octanol–water partition coefficient (Wildman–Crippen LogP) is 3.65. The lowest BCUT2D eigenvalue weighted by molar-refractivity contribution is 0.402. The van der Waals surface area contributed by atoms with Crippen LogP contribution in [0.2, 0.25) is 0 Å². The van der Waals surface area contributed by atoms with E-state index >= 15 is 0 Å². The highest BCUT2D eigenvalue weighted by atomic mass is 14.9. The molecule has 2 heteroatoms. The van der Waals surface area contributed by atoms with Crippen LogP contribution in [0.4, 0.5) is 0 Å². The Labute approximate surface area is 124 Å². The Morgan fingerprint density at radius 3 is 2.80 bits per heavy atom. The summed E-state index contributed by atoms with van der Waals surface area (Å²) in [4.78, 5) is 0. The van der Waals surface area contributed by atoms with Gasteiger partial charge >= 0.3 is 0 Å². The first-order valence-electron chi connectivity index (χ1n) is 8.33. The van der Waals surface area contributed by atoms with Crippen molar-refractivity contribution in [2.24, 2.45) is 0 Å². The van der Waals surface area contributed by atoms with Crippen molar-refractivity contribution < 1.29 is 0 Å². The fourth-order valence-corrected chi connectivity index (χ4v) is 3.17. The molecule has 1 saturated heterocycles. The molecule has 2 unspecified atom stereocenters. The van der Waals surface area contributed by atoms with E-state index in [-0.39, 0.29) is 0 Å². The van der Waals surface area contributed by atoms with E-state index in [0.29, 0.717) is 12.1 Å². The van der Waals surface area contributed by atoms with E-state index in [1.165, 1.54) is 49.8 Å². The molecule has 0 radical (unpaired) electrons. The molecule has 1 heterocycles. The molecule has 2 rings (SSSR count). The van der Waals surface area contributed by atoms with E-state index in [1.54, 1.807) is 0 Å². The molecular formula is C18H30N2. The zero-order valence-electron chi connectivity index (χ0n) is 13.1. The summed E-state index contributed by atoms with van der Waals surface area (Å²) in [5.74, 6) is 0. The van der Waals surface area contributed by atoms with Gasteiger partial charge in [-0.05, 0) is 50.3 Å². The monoisotopic (exact) mass is 274 g/mol. The second-order valence-electron chi connectivity index (χ2n) is 6.14. The Morgan fingerprint density at radius 1 is 1.20 bits per heavy atom. The fraction of sp³-hybridized carbons (Fsp3) is 0.667. The highest BCUT2D eigenvalue weighted by molar-refractivity contribution is 5.26. The van der Waals surface area contributed by atoms with Crippen molar-refractivity contribution in [3.05, 3.63) is 35.4 Å². The zero-order valence-corrected chi connectivity index (χ0v) is 13.1. The summed E-state index contributed by atoms with van der Waals surface area (Å²) in [6.07, 6.45) is 7.85. The first-order chi connectivity index (χ1) is 9.79. The molecule has 0 spiro atoms. The quantitative estimate of drug-likeness (QED) is 0.827. The topological polar surface area (TPSA) is 24.1 Å². The molecule has 2 atom stereocenters. The second-order valence-corrected chi connectivity index (χ2v) is 6.14. The number of nitrogens with one attached hydrogen (secondary N) is 2. The SMILES string of the molecule is CCc1ccccc1CNC(C)CC1CCCCCN1.